The summed E-state index contributed by atoms with van der Waals surface area (Å²) in [4.78, 5) is 6.73. The van der Waals surface area contributed by atoms with Gasteiger partial charge in [0.2, 0.25) is 0 Å². The molecule has 0 fully saturated rings. The van der Waals surface area contributed by atoms with Gasteiger partial charge in [0, 0.05) is 51.5 Å². The van der Waals surface area contributed by atoms with Gasteiger partial charge in [-0.05, 0) is 123 Å². The lowest BCUT2D eigenvalue weighted by molar-refractivity contribution is 1.17. The van der Waals surface area contributed by atoms with Crippen molar-refractivity contribution in [3.05, 3.63) is 237 Å². The van der Waals surface area contributed by atoms with Crippen molar-refractivity contribution in [3.63, 3.8) is 0 Å². The standard InChI is InChI=1S/C57H39N3/c1-2-12-40(13-3-1)41-25-29-47(30-26-41)59(49-33-35-50(36-34-49)60-55-23-6-4-19-53(55)54-20-5-7-24-56(54)60)48-31-27-42(28-32-48)51-21-9-14-43-15-10-22-52(57(43)51)45-17-8-16-44(38-45)46-18-11-37-58-39-46/h1-39H. The van der Waals surface area contributed by atoms with Crippen molar-refractivity contribution in [2.75, 3.05) is 4.90 Å². The summed E-state index contributed by atoms with van der Waals surface area (Å²) >= 11 is 0. The van der Waals surface area contributed by atoms with Crippen molar-refractivity contribution in [2.24, 2.45) is 0 Å². The van der Waals surface area contributed by atoms with Crippen LogP contribution in [0.1, 0.15) is 0 Å². The first-order chi connectivity index (χ1) is 29.8. The van der Waals surface area contributed by atoms with Gasteiger partial charge in [-0.2, -0.15) is 0 Å². The van der Waals surface area contributed by atoms with Crippen LogP contribution >= 0.6 is 0 Å². The number of hydrogen-bond donors (Lipinski definition) is 0. The zero-order valence-electron chi connectivity index (χ0n) is 32.9. The minimum atomic E-state index is 1.08. The second-order valence-electron chi connectivity index (χ2n) is 15.2. The van der Waals surface area contributed by atoms with Crippen LogP contribution < -0.4 is 4.90 Å². The maximum atomic E-state index is 4.37. The van der Waals surface area contributed by atoms with Crippen LogP contribution in [0.4, 0.5) is 17.1 Å². The fourth-order valence-corrected chi connectivity index (χ4v) is 8.84. The highest BCUT2D eigenvalue weighted by Crippen LogP contribution is 2.41. The molecular formula is C57H39N3. The largest absolute Gasteiger partial charge is 0.311 e. The number of para-hydroxylation sites is 2. The smallest absolute Gasteiger partial charge is 0.0541 e. The van der Waals surface area contributed by atoms with E-state index in [1.54, 1.807) is 0 Å². The maximum absolute atomic E-state index is 4.37. The average Bonchev–Trinajstić information content (AvgIpc) is 3.67. The third-order valence-electron chi connectivity index (χ3n) is 11.7. The van der Waals surface area contributed by atoms with Crippen LogP contribution in [-0.2, 0) is 0 Å². The molecule has 0 aliphatic carbocycles. The average molecular weight is 766 g/mol. The van der Waals surface area contributed by atoms with Gasteiger partial charge in [0.05, 0.1) is 11.0 Å². The molecule has 0 amide bonds. The van der Waals surface area contributed by atoms with Gasteiger partial charge in [-0.3, -0.25) is 4.98 Å². The molecule has 0 aliphatic rings. The lowest BCUT2D eigenvalue weighted by Crippen LogP contribution is -2.10. The molecule has 0 saturated heterocycles. The van der Waals surface area contributed by atoms with E-state index in [1.165, 1.54) is 66.0 Å². The minimum absolute atomic E-state index is 1.08. The molecule has 282 valence electrons. The molecule has 11 aromatic rings. The van der Waals surface area contributed by atoms with Crippen LogP contribution in [0.25, 0.3) is 82.8 Å². The molecule has 0 atom stereocenters. The molecule has 0 bridgehead atoms. The van der Waals surface area contributed by atoms with Crippen LogP contribution in [-0.4, -0.2) is 9.55 Å². The fourth-order valence-electron chi connectivity index (χ4n) is 8.84. The number of aromatic nitrogens is 2. The van der Waals surface area contributed by atoms with Crippen LogP contribution in [0.3, 0.4) is 0 Å². The Morgan fingerprint density at radius 1 is 0.350 bits per heavy atom. The van der Waals surface area contributed by atoms with Gasteiger partial charge in [0.25, 0.3) is 0 Å². The quantitative estimate of drug-likeness (QED) is 0.154. The molecular weight excluding hydrogens is 727 g/mol. The zero-order valence-corrected chi connectivity index (χ0v) is 32.9. The third-order valence-corrected chi connectivity index (χ3v) is 11.7. The van der Waals surface area contributed by atoms with E-state index in [0.717, 1.165) is 33.9 Å². The molecule has 3 nitrogen and oxygen atoms in total. The molecule has 2 aromatic heterocycles. The number of pyridine rings is 1. The predicted molar refractivity (Wildman–Crippen MR) is 253 cm³/mol. The van der Waals surface area contributed by atoms with Crippen molar-refractivity contribution in [2.45, 2.75) is 0 Å². The van der Waals surface area contributed by atoms with Crippen molar-refractivity contribution < 1.29 is 0 Å². The molecule has 0 saturated carbocycles. The van der Waals surface area contributed by atoms with E-state index in [-0.39, 0.29) is 0 Å². The summed E-state index contributed by atoms with van der Waals surface area (Å²) in [7, 11) is 0. The molecule has 2 heterocycles. The highest BCUT2D eigenvalue weighted by molar-refractivity contribution is 6.09. The first-order valence-electron chi connectivity index (χ1n) is 20.4. The van der Waals surface area contributed by atoms with E-state index in [0.29, 0.717) is 0 Å². The lowest BCUT2D eigenvalue weighted by atomic mass is 9.90. The van der Waals surface area contributed by atoms with E-state index in [2.05, 4.69) is 233 Å². The molecule has 60 heavy (non-hydrogen) atoms. The first kappa shape index (κ1) is 35.2. The lowest BCUT2D eigenvalue weighted by Gasteiger charge is -2.26. The van der Waals surface area contributed by atoms with Crippen molar-refractivity contribution in [1.82, 2.24) is 9.55 Å². The Morgan fingerprint density at radius 3 is 1.48 bits per heavy atom. The molecule has 0 aliphatic heterocycles. The molecule has 9 aromatic carbocycles. The summed E-state index contributed by atoms with van der Waals surface area (Å²) in [5.41, 5.74) is 16.2. The topological polar surface area (TPSA) is 21.1 Å². The third kappa shape index (κ3) is 6.30. The number of hydrogen-bond acceptors (Lipinski definition) is 2. The molecule has 0 spiro atoms. The van der Waals surface area contributed by atoms with E-state index in [1.807, 2.05) is 18.5 Å². The zero-order chi connectivity index (χ0) is 39.8. The highest BCUT2D eigenvalue weighted by atomic mass is 15.1. The molecule has 11 rings (SSSR count). The summed E-state index contributed by atoms with van der Waals surface area (Å²) in [6.07, 6.45) is 3.75. The van der Waals surface area contributed by atoms with Gasteiger partial charge in [-0.1, -0.05) is 152 Å². The van der Waals surface area contributed by atoms with Gasteiger partial charge >= 0.3 is 0 Å². The van der Waals surface area contributed by atoms with Gasteiger partial charge < -0.3 is 9.47 Å². The Hall–Kier alpha value is -8.01. The van der Waals surface area contributed by atoms with Gasteiger partial charge in [-0.15, -0.1) is 0 Å². The summed E-state index contributed by atoms with van der Waals surface area (Å²) in [5.74, 6) is 0. The Labute approximate surface area is 349 Å². The Morgan fingerprint density at radius 2 is 0.850 bits per heavy atom. The van der Waals surface area contributed by atoms with Gasteiger partial charge in [0.15, 0.2) is 0 Å². The SMILES string of the molecule is c1ccc(-c2ccc(N(c3ccc(-c4cccc5cccc(-c6cccc(-c7cccnc7)c6)c45)cc3)c3ccc(-n4c5ccccc5c5ccccc54)cc3)cc2)cc1. The molecule has 0 N–H and O–H groups in total. The van der Waals surface area contributed by atoms with E-state index in [4.69, 9.17) is 0 Å². The Kier molecular flexibility index (Phi) is 8.83. The summed E-state index contributed by atoms with van der Waals surface area (Å²) in [6, 6.07) is 81.0. The first-order valence-corrected chi connectivity index (χ1v) is 20.4. The van der Waals surface area contributed by atoms with Crippen LogP contribution in [0.2, 0.25) is 0 Å². The monoisotopic (exact) mass is 765 g/mol. The van der Waals surface area contributed by atoms with E-state index < -0.39 is 0 Å². The van der Waals surface area contributed by atoms with Crippen LogP contribution in [0, 0.1) is 0 Å². The molecule has 0 unspecified atom stereocenters. The number of benzene rings is 9. The second-order valence-corrected chi connectivity index (χ2v) is 15.2. The van der Waals surface area contributed by atoms with E-state index >= 15 is 0 Å². The number of rotatable bonds is 8. The second kappa shape index (κ2) is 15.1. The maximum Gasteiger partial charge on any atom is 0.0541 e. The van der Waals surface area contributed by atoms with Crippen molar-refractivity contribution in [3.8, 4) is 50.2 Å². The normalized spacial score (nSPS) is 11.3. The van der Waals surface area contributed by atoms with Crippen molar-refractivity contribution >= 4 is 49.6 Å². The number of nitrogens with zero attached hydrogens (tertiary/aromatic N) is 3. The Bertz CT molecular complexity index is 3220. The van der Waals surface area contributed by atoms with Gasteiger partial charge in [0.1, 0.15) is 0 Å². The highest BCUT2D eigenvalue weighted by Gasteiger charge is 2.17. The minimum Gasteiger partial charge on any atom is -0.311 e. The summed E-state index contributed by atoms with van der Waals surface area (Å²) in [6.45, 7) is 0. The number of anilines is 3. The van der Waals surface area contributed by atoms with Crippen LogP contribution in [0.5, 0.6) is 0 Å². The van der Waals surface area contributed by atoms with Crippen molar-refractivity contribution in [1.29, 1.82) is 0 Å². The van der Waals surface area contributed by atoms with Crippen LogP contribution in [0.15, 0.2) is 237 Å². The fraction of sp³-hybridized carbons (Fsp3) is 0. The van der Waals surface area contributed by atoms with E-state index in [9.17, 15) is 0 Å². The molecule has 0 radical (unpaired) electrons. The summed E-state index contributed by atoms with van der Waals surface area (Å²) < 4.78 is 2.37. The summed E-state index contributed by atoms with van der Waals surface area (Å²) in [5, 5.41) is 4.97. The Balaban J connectivity index is 1.00. The number of fused-ring (bicyclic) bond motifs is 4. The van der Waals surface area contributed by atoms with Gasteiger partial charge in [-0.25, -0.2) is 0 Å². The predicted octanol–water partition coefficient (Wildman–Crippen LogP) is 15.5. The molecule has 3 heteroatoms.